The molecule has 0 radical (unpaired) electrons. The van der Waals surface area contributed by atoms with E-state index in [1.807, 2.05) is 24.3 Å². The molecule has 0 fully saturated rings. The van der Waals surface area contributed by atoms with Crippen molar-refractivity contribution in [2.24, 2.45) is 0 Å². The lowest BCUT2D eigenvalue weighted by molar-refractivity contribution is 0.295. The second-order valence-corrected chi connectivity index (χ2v) is 12.5. The van der Waals surface area contributed by atoms with Crippen LogP contribution in [-0.2, 0) is 0 Å². The smallest absolute Gasteiger partial charge is 0.132 e. The summed E-state index contributed by atoms with van der Waals surface area (Å²) in [5.74, 6) is 3.21. The van der Waals surface area contributed by atoms with E-state index in [-0.39, 0.29) is 0 Å². The fourth-order valence-corrected chi connectivity index (χ4v) is 5.60. The number of aromatic nitrogens is 1. The van der Waals surface area contributed by atoms with Gasteiger partial charge in [-0.1, -0.05) is 65.5 Å². The third-order valence-electron chi connectivity index (χ3n) is 8.66. The predicted octanol–water partition coefficient (Wildman–Crippen LogP) is 11.6. The lowest BCUT2D eigenvalue weighted by Crippen LogP contribution is -2.21. The van der Waals surface area contributed by atoms with Gasteiger partial charge in [0.15, 0.2) is 0 Å². The van der Waals surface area contributed by atoms with Crippen molar-refractivity contribution >= 4 is 5.69 Å². The number of rotatable bonds is 22. The van der Waals surface area contributed by atoms with Crippen LogP contribution in [0.15, 0.2) is 72.8 Å². The standard InChI is InChI=1S/C43H58N2O4/c1-7-13-25-46-36-21-23-38(42(31-36)48-27-15-9-3)40-29-34(33-17-19-35(20-18-33)45(11-5)12-6)30-41(44-40)39-24-22-37(47-26-14-8-2)32-43(39)49-28-16-10-4/h17-24,29-32H,7-16,25-28H2,1-6H3. The number of anilines is 1. The highest BCUT2D eigenvalue weighted by Crippen LogP contribution is 2.40. The molecule has 0 N–H and O–H groups in total. The van der Waals surface area contributed by atoms with E-state index >= 15 is 0 Å². The van der Waals surface area contributed by atoms with Gasteiger partial charge in [0.1, 0.15) is 23.0 Å². The van der Waals surface area contributed by atoms with Crippen molar-refractivity contribution in [3.8, 4) is 56.6 Å². The molecule has 0 unspecified atom stereocenters. The number of benzene rings is 3. The van der Waals surface area contributed by atoms with Gasteiger partial charge >= 0.3 is 0 Å². The number of hydrogen-bond acceptors (Lipinski definition) is 6. The van der Waals surface area contributed by atoms with Crippen LogP contribution in [0.3, 0.4) is 0 Å². The van der Waals surface area contributed by atoms with Crippen LogP contribution in [0.2, 0.25) is 0 Å². The molecule has 6 nitrogen and oxygen atoms in total. The average Bonchev–Trinajstić information content (AvgIpc) is 3.13. The Labute approximate surface area is 295 Å². The number of hydrogen-bond donors (Lipinski definition) is 0. The Balaban J connectivity index is 1.86. The Morgan fingerprint density at radius 2 is 0.898 bits per heavy atom. The first kappa shape index (κ1) is 37.6. The quantitative estimate of drug-likeness (QED) is 0.0778. The van der Waals surface area contributed by atoms with Gasteiger partial charge in [0.25, 0.3) is 0 Å². The van der Waals surface area contributed by atoms with E-state index in [0.717, 1.165) is 121 Å². The number of ether oxygens (including phenoxy) is 4. The molecule has 1 heterocycles. The highest BCUT2D eigenvalue weighted by atomic mass is 16.5. The van der Waals surface area contributed by atoms with Crippen molar-refractivity contribution in [2.75, 3.05) is 44.4 Å². The summed E-state index contributed by atoms with van der Waals surface area (Å²) in [6, 6.07) is 25.5. The lowest BCUT2D eigenvalue weighted by atomic mass is 9.98. The van der Waals surface area contributed by atoms with E-state index in [2.05, 4.69) is 95.0 Å². The van der Waals surface area contributed by atoms with Gasteiger partial charge in [-0.2, -0.15) is 0 Å². The van der Waals surface area contributed by atoms with Gasteiger partial charge in [-0.05, 0) is 99.2 Å². The van der Waals surface area contributed by atoms with Crippen LogP contribution in [0, 0.1) is 0 Å². The zero-order valence-electron chi connectivity index (χ0n) is 30.9. The van der Waals surface area contributed by atoms with Crippen LogP contribution < -0.4 is 23.8 Å². The van der Waals surface area contributed by atoms with Gasteiger partial charge in [-0.3, -0.25) is 0 Å². The van der Waals surface area contributed by atoms with Crippen molar-refractivity contribution in [1.29, 1.82) is 0 Å². The number of pyridine rings is 1. The van der Waals surface area contributed by atoms with Crippen molar-refractivity contribution < 1.29 is 18.9 Å². The van der Waals surface area contributed by atoms with Crippen LogP contribution in [-0.4, -0.2) is 44.5 Å². The topological polar surface area (TPSA) is 53.1 Å². The Morgan fingerprint density at radius 1 is 0.469 bits per heavy atom. The first-order valence-electron chi connectivity index (χ1n) is 18.7. The summed E-state index contributed by atoms with van der Waals surface area (Å²) in [5, 5.41) is 0. The molecule has 4 aromatic rings. The highest BCUT2D eigenvalue weighted by molar-refractivity contribution is 5.81. The van der Waals surface area contributed by atoms with E-state index in [9.17, 15) is 0 Å². The zero-order valence-corrected chi connectivity index (χ0v) is 30.9. The molecule has 0 saturated carbocycles. The molecule has 0 aliphatic heterocycles. The normalized spacial score (nSPS) is 11.0. The summed E-state index contributed by atoms with van der Waals surface area (Å²) in [6.45, 7) is 17.7. The maximum Gasteiger partial charge on any atom is 0.132 e. The third-order valence-corrected chi connectivity index (χ3v) is 8.66. The fourth-order valence-electron chi connectivity index (χ4n) is 5.60. The van der Waals surface area contributed by atoms with Crippen LogP contribution in [0.5, 0.6) is 23.0 Å². The summed E-state index contributed by atoms with van der Waals surface area (Å²) < 4.78 is 25.0. The van der Waals surface area contributed by atoms with Gasteiger partial charge in [0, 0.05) is 42.0 Å². The molecule has 0 amide bonds. The maximum absolute atomic E-state index is 6.42. The molecule has 0 aliphatic carbocycles. The monoisotopic (exact) mass is 666 g/mol. The molecule has 0 atom stereocenters. The zero-order chi connectivity index (χ0) is 34.8. The first-order chi connectivity index (χ1) is 24.0. The van der Waals surface area contributed by atoms with Crippen molar-refractivity contribution in [3.63, 3.8) is 0 Å². The van der Waals surface area contributed by atoms with E-state index in [1.165, 1.54) is 5.69 Å². The highest BCUT2D eigenvalue weighted by Gasteiger charge is 2.17. The largest absolute Gasteiger partial charge is 0.493 e. The minimum Gasteiger partial charge on any atom is -0.493 e. The number of nitrogens with zero attached hydrogens (tertiary/aromatic N) is 2. The van der Waals surface area contributed by atoms with Crippen LogP contribution in [0.25, 0.3) is 33.6 Å². The minimum atomic E-state index is 0.635. The molecule has 1 aromatic heterocycles. The maximum atomic E-state index is 6.42. The Morgan fingerprint density at radius 3 is 1.31 bits per heavy atom. The SMILES string of the molecule is CCCCOc1ccc(-c2cc(-c3ccc(N(CC)CC)cc3)cc(-c3ccc(OCCCC)cc3OCCCC)n2)c(OCCCC)c1. The second-order valence-electron chi connectivity index (χ2n) is 12.5. The minimum absolute atomic E-state index is 0.635. The third kappa shape index (κ3) is 10.9. The second kappa shape index (κ2) is 20.4. The fraction of sp³-hybridized carbons (Fsp3) is 0.465. The molecule has 0 bridgehead atoms. The molecule has 0 aliphatic rings. The van der Waals surface area contributed by atoms with Gasteiger partial charge in [-0.25, -0.2) is 4.98 Å². The van der Waals surface area contributed by atoms with Crippen molar-refractivity contribution in [3.05, 3.63) is 72.8 Å². The van der Waals surface area contributed by atoms with Gasteiger partial charge in [0.05, 0.1) is 37.8 Å². The lowest BCUT2D eigenvalue weighted by Gasteiger charge is -2.21. The molecular formula is C43H58N2O4. The summed E-state index contributed by atoms with van der Waals surface area (Å²) in [6.07, 6.45) is 8.27. The molecule has 3 aromatic carbocycles. The molecule has 4 rings (SSSR count). The van der Waals surface area contributed by atoms with Gasteiger partial charge < -0.3 is 23.8 Å². The first-order valence-corrected chi connectivity index (χ1v) is 18.7. The molecule has 0 saturated heterocycles. The van der Waals surface area contributed by atoms with Crippen LogP contribution >= 0.6 is 0 Å². The molecule has 0 spiro atoms. The van der Waals surface area contributed by atoms with Gasteiger partial charge in [-0.15, -0.1) is 0 Å². The molecule has 49 heavy (non-hydrogen) atoms. The molecular weight excluding hydrogens is 608 g/mol. The number of unbranched alkanes of at least 4 members (excludes halogenated alkanes) is 4. The summed E-state index contributed by atoms with van der Waals surface area (Å²) >= 11 is 0. The molecule has 6 heteroatoms. The van der Waals surface area contributed by atoms with Crippen molar-refractivity contribution in [1.82, 2.24) is 4.98 Å². The predicted molar refractivity (Wildman–Crippen MR) is 206 cm³/mol. The summed E-state index contributed by atoms with van der Waals surface area (Å²) in [4.78, 5) is 7.67. The van der Waals surface area contributed by atoms with E-state index in [4.69, 9.17) is 23.9 Å². The Bertz CT molecular complexity index is 1460. The Kier molecular flexibility index (Phi) is 15.6. The van der Waals surface area contributed by atoms with E-state index < -0.39 is 0 Å². The van der Waals surface area contributed by atoms with Crippen LogP contribution in [0.1, 0.15) is 92.9 Å². The average molecular weight is 667 g/mol. The van der Waals surface area contributed by atoms with Crippen molar-refractivity contribution in [2.45, 2.75) is 92.9 Å². The van der Waals surface area contributed by atoms with Crippen LogP contribution in [0.4, 0.5) is 5.69 Å². The summed E-state index contributed by atoms with van der Waals surface area (Å²) in [5.41, 5.74) is 6.99. The van der Waals surface area contributed by atoms with E-state index in [0.29, 0.717) is 26.4 Å². The molecule has 264 valence electrons. The Hall–Kier alpha value is -4.19. The van der Waals surface area contributed by atoms with Gasteiger partial charge in [0.2, 0.25) is 0 Å². The summed E-state index contributed by atoms with van der Waals surface area (Å²) in [7, 11) is 0. The van der Waals surface area contributed by atoms with E-state index in [1.54, 1.807) is 0 Å².